The number of rotatable bonds is 5. The Morgan fingerprint density at radius 3 is 2.43 bits per heavy atom. The highest BCUT2D eigenvalue weighted by Crippen LogP contribution is 2.17. The zero-order valence-electron chi connectivity index (χ0n) is 15.4. The van der Waals surface area contributed by atoms with Crippen LogP contribution in [0.2, 0.25) is 0 Å². The Labute approximate surface area is 162 Å². The van der Waals surface area contributed by atoms with Gasteiger partial charge in [-0.25, -0.2) is 4.39 Å². The summed E-state index contributed by atoms with van der Waals surface area (Å²) in [6.07, 6.45) is 0.297. The number of nitrogens with zero attached hydrogens (tertiary/aromatic N) is 4. The molecule has 1 aromatic heterocycles. The predicted molar refractivity (Wildman–Crippen MR) is 102 cm³/mol. The van der Waals surface area contributed by atoms with E-state index in [1.54, 1.807) is 12.1 Å². The maximum atomic E-state index is 13.0. The van der Waals surface area contributed by atoms with Crippen LogP contribution < -0.4 is 0 Å². The summed E-state index contributed by atoms with van der Waals surface area (Å²) in [4.78, 5) is 21.0. The molecule has 1 aliphatic heterocycles. The van der Waals surface area contributed by atoms with Crippen molar-refractivity contribution in [1.82, 2.24) is 19.9 Å². The number of amides is 1. The molecular formula is C21H21FN4O2. The lowest BCUT2D eigenvalue weighted by Crippen LogP contribution is -2.48. The number of hydrogen-bond acceptors (Lipinski definition) is 5. The fraction of sp³-hybridized carbons (Fsp3) is 0.286. The van der Waals surface area contributed by atoms with E-state index in [0.29, 0.717) is 37.8 Å². The highest BCUT2D eigenvalue weighted by Gasteiger charge is 2.22. The fourth-order valence-electron chi connectivity index (χ4n) is 3.26. The molecule has 0 atom stereocenters. The number of hydrogen-bond donors (Lipinski definition) is 0. The molecule has 2 heterocycles. The maximum absolute atomic E-state index is 13.0. The van der Waals surface area contributed by atoms with E-state index in [9.17, 15) is 9.18 Å². The van der Waals surface area contributed by atoms with E-state index in [-0.39, 0.29) is 11.7 Å². The molecule has 0 saturated carbocycles. The van der Waals surface area contributed by atoms with Crippen LogP contribution in [-0.2, 0) is 17.8 Å². The van der Waals surface area contributed by atoms with Gasteiger partial charge in [0.25, 0.3) is 5.89 Å². The molecule has 2 aromatic carbocycles. The zero-order chi connectivity index (χ0) is 19.3. The smallest absolute Gasteiger partial charge is 0.257 e. The van der Waals surface area contributed by atoms with Crippen LogP contribution in [0.4, 0.5) is 4.39 Å². The van der Waals surface area contributed by atoms with Crippen LogP contribution in [0.1, 0.15) is 11.4 Å². The molecule has 7 heteroatoms. The number of carbonyl (C=O) groups excluding carboxylic acids is 1. The standard InChI is InChI=1S/C21H21FN4O2/c22-18-8-6-16(7-9-18)14-20(27)26-12-10-25(11-13-26)15-19-23-21(28-24-19)17-4-2-1-3-5-17/h1-9H,10-15H2. The minimum atomic E-state index is -0.290. The molecular weight excluding hydrogens is 359 g/mol. The van der Waals surface area contributed by atoms with Crippen LogP contribution >= 0.6 is 0 Å². The Bertz CT molecular complexity index is 919. The van der Waals surface area contributed by atoms with Crippen LogP contribution in [0, 0.1) is 5.82 Å². The third-order valence-corrected chi connectivity index (χ3v) is 4.85. The topological polar surface area (TPSA) is 62.5 Å². The number of halogens is 1. The minimum absolute atomic E-state index is 0.0668. The van der Waals surface area contributed by atoms with Crippen LogP contribution in [0.25, 0.3) is 11.5 Å². The number of aromatic nitrogens is 2. The van der Waals surface area contributed by atoms with E-state index in [0.717, 1.165) is 24.2 Å². The lowest BCUT2D eigenvalue weighted by molar-refractivity contribution is -0.132. The number of carbonyl (C=O) groups is 1. The van der Waals surface area contributed by atoms with Gasteiger partial charge in [0, 0.05) is 31.7 Å². The van der Waals surface area contributed by atoms with E-state index in [2.05, 4.69) is 15.0 Å². The molecule has 1 saturated heterocycles. The van der Waals surface area contributed by atoms with Gasteiger partial charge in [-0.1, -0.05) is 35.5 Å². The summed E-state index contributed by atoms with van der Waals surface area (Å²) in [7, 11) is 0. The molecule has 4 rings (SSSR count). The Morgan fingerprint density at radius 1 is 1.00 bits per heavy atom. The summed E-state index contributed by atoms with van der Waals surface area (Å²) in [6, 6.07) is 15.8. The van der Waals surface area contributed by atoms with Gasteiger partial charge in [-0.2, -0.15) is 4.98 Å². The quantitative estimate of drug-likeness (QED) is 0.681. The summed E-state index contributed by atoms with van der Waals surface area (Å²) in [5, 5.41) is 4.06. The van der Waals surface area contributed by atoms with E-state index in [1.807, 2.05) is 35.2 Å². The van der Waals surface area contributed by atoms with Gasteiger partial charge in [-0.05, 0) is 29.8 Å². The first-order valence-corrected chi connectivity index (χ1v) is 9.30. The molecule has 1 fully saturated rings. The number of benzene rings is 2. The normalized spacial score (nSPS) is 15.0. The maximum Gasteiger partial charge on any atom is 0.257 e. The fourth-order valence-corrected chi connectivity index (χ4v) is 3.26. The van der Waals surface area contributed by atoms with Gasteiger partial charge in [0.15, 0.2) is 5.82 Å². The molecule has 1 aliphatic rings. The highest BCUT2D eigenvalue weighted by molar-refractivity contribution is 5.78. The SMILES string of the molecule is O=C(Cc1ccc(F)cc1)N1CCN(Cc2noc(-c3ccccc3)n2)CC1. The first-order valence-electron chi connectivity index (χ1n) is 9.30. The van der Waals surface area contributed by atoms with Crippen molar-refractivity contribution >= 4 is 5.91 Å². The Kier molecular flexibility index (Phi) is 5.43. The van der Waals surface area contributed by atoms with Crippen LogP contribution in [0.5, 0.6) is 0 Å². The van der Waals surface area contributed by atoms with Gasteiger partial charge in [0.05, 0.1) is 13.0 Å². The van der Waals surface area contributed by atoms with E-state index in [4.69, 9.17) is 4.52 Å². The lowest BCUT2D eigenvalue weighted by atomic mass is 10.1. The predicted octanol–water partition coefficient (Wildman–Crippen LogP) is 2.76. The Morgan fingerprint density at radius 2 is 1.71 bits per heavy atom. The molecule has 28 heavy (non-hydrogen) atoms. The molecule has 0 spiro atoms. The highest BCUT2D eigenvalue weighted by atomic mass is 19.1. The van der Waals surface area contributed by atoms with Crippen molar-refractivity contribution in [2.75, 3.05) is 26.2 Å². The average Bonchev–Trinajstić information content (AvgIpc) is 3.19. The summed E-state index contributed by atoms with van der Waals surface area (Å²) in [5.74, 6) is 0.938. The first kappa shape index (κ1) is 18.3. The van der Waals surface area contributed by atoms with Gasteiger partial charge in [0.1, 0.15) is 5.82 Å². The van der Waals surface area contributed by atoms with E-state index in [1.165, 1.54) is 12.1 Å². The van der Waals surface area contributed by atoms with Crippen LogP contribution in [-0.4, -0.2) is 52.0 Å². The second-order valence-electron chi connectivity index (χ2n) is 6.84. The van der Waals surface area contributed by atoms with Gasteiger partial charge in [-0.15, -0.1) is 0 Å². The summed E-state index contributed by atoms with van der Waals surface area (Å²) in [6.45, 7) is 3.41. The van der Waals surface area contributed by atoms with Gasteiger partial charge >= 0.3 is 0 Å². The molecule has 0 aliphatic carbocycles. The first-order chi connectivity index (χ1) is 13.7. The minimum Gasteiger partial charge on any atom is -0.340 e. The van der Waals surface area contributed by atoms with Crippen molar-refractivity contribution in [3.05, 3.63) is 71.8 Å². The van der Waals surface area contributed by atoms with Crippen molar-refractivity contribution in [3.8, 4) is 11.5 Å². The van der Waals surface area contributed by atoms with Crippen molar-refractivity contribution in [2.24, 2.45) is 0 Å². The van der Waals surface area contributed by atoms with Gasteiger partial charge in [0.2, 0.25) is 5.91 Å². The van der Waals surface area contributed by atoms with Crippen molar-refractivity contribution < 1.29 is 13.7 Å². The van der Waals surface area contributed by atoms with Crippen molar-refractivity contribution in [3.63, 3.8) is 0 Å². The molecule has 3 aromatic rings. The van der Waals surface area contributed by atoms with E-state index >= 15 is 0 Å². The summed E-state index contributed by atoms with van der Waals surface area (Å²) < 4.78 is 18.3. The van der Waals surface area contributed by atoms with Gasteiger partial charge < -0.3 is 9.42 Å². The molecule has 1 amide bonds. The van der Waals surface area contributed by atoms with Crippen molar-refractivity contribution in [1.29, 1.82) is 0 Å². The third-order valence-electron chi connectivity index (χ3n) is 4.85. The monoisotopic (exact) mass is 380 g/mol. The van der Waals surface area contributed by atoms with E-state index < -0.39 is 0 Å². The molecule has 0 N–H and O–H groups in total. The second-order valence-corrected chi connectivity index (χ2v) is 6.84. The Balaban J connectivity index is 1.28. The summed E-state index contributed by atoms with van der Waals surface area (Å²) >= 11 is 0. The average molecular weight is 380 g/mol. The zero-order valence-corrected chi connectivity index (χ0v) is 15.4. The largest absolute Gasteiger partial charge is 0.340 e. The van der Waals surface area contributed by atoms with Crippen molar-refractivity contribution in [2.45, 2.75) is 13.0 Å². The molecule has 144 valence electrons. The van der Waals surface area contributed by atoms with Gasteiger partial charge in [-0.3, -0.25) is 9.69 Å². The van der Waals surface area contributed by atoms with Crippen LogP contribution in [0.15, 0.2) is 59.1 Å². The van der Waals surface area contributed by atoms with Crippen LogP contribution in [0.3, 0.4) is 0 Å². The Hall–Kier alpha value is -3.06. The lowest BCUT2D eigenvalue weighted by Gasteiger charge is -2.34. The molecule has 0 radical (unpaired) electrons. The molecule has 6 nitrogen and oxygen atoms in total. The summed E-state index contributed by atoms with van der Waals surface area (Å²) in [5.41, 5.74) is 1.73. The number of piperazine rings is 1. The molecule has 0 bridgehead atoms. The second kappa shape index (κ2) is 8.31. The third kappa shape index (κ3) is 4.43. The molecule has 0 unspecified atom stereocenters.